The van der Waals surface area contributed by atoms with Crippen LogP contribution in [0.1, 0.15) is 15.9 Å². The van der Waals surface area contributed by atoms with Crippen molar-refractivity contribution < 1.29 is 13.9 Å². The highest BCUT2D eigenvalue weighted by Gasteiger charge is 2.15. The van der Waals surface area contributed by atoms with Crippen molar-refractivity contribution in [3.63, 3.8) is 0 Å². The van der Waals surface area contributed by atoms with Crippen molar-refractivity contribution in [1.82, 2.24) is 9.55 Å². The number of rotatable bonds is 4. The summed E-state index contributed by atoms with van der Waals surface area (Å²) in [5, 5.41) is 0.441. The quantitative estimate of drug-likeness (QED) is 0.692. The van der Waals surface area contributed by atoms with Gasteiger partial charge in [0.15, 0.2) is 5.78 Å². The van der Waals surface area contributed by atoms with Crippen LogP contribution in [0.25, 0.3) is 10.9 Å². The number of ketones is 1. The number of aryl methyl sites for hydroxylation is 1. The number of aromatic nitrogens is 2. The van der Waals surface area contributed by atoms with Gasteiger partial charge in [0.2, 0.25) is 0 Å². The summed E-state index contributed by atoms with van der Waals surface area (Å²) in [5.41, 5.74) is 1.27. The first-order valence-corrected chi connectivity index (χ1v) is 7.32. The summed E-state index contributed by atoms with van der Waals surface area (Å²) in [6.07, 6.45) is 1.32. The van der Waals surface area contributed by atoms with Crippen molar-refractivity contribution >= 4 is 16.7 Å². The van der Waals surface area contributed by atoms with Crippen molar-refractivity contribution in [2.45, 2.75) is 13.5 Å². The van der Waals surface area contributed by atoms with Gasteiger partial charge in [0.1, 0.15) is 11.6 Å². The van der Waals surface area contributed by atoms with Crippen LogP contribution < -0.4 is 10.3 Å². The average molecular weight is 326 g/mol. The maximum atomic E-state index is 13.4. The van der Waals surface area contributed by atoms with Gasteiger partial charge < -0.3 is 4.74 Å². The van der Waals surface area contributed by atoms with Crippen molar-refractivity contribution in [3.05, 3.63) is 70.0 Å². The zero-order valence-electron chi connectivity index (χ0n) is 13.2. The number of carbonyl (C=O) groups is 1. The first-order valence-electron chi connectivity index (χ1n) is 7.32. The third-order valence-electron chi connectivity index (χ3n) is 3.76. The smallest absolute Gasteiger partial charge is 0.261 e. The molecule has 3 aromatic rings. The molecule has 5 nitrogen and oxygen atoms in total. The average Bonchev–Trinajstić information content (AvgIpc) is 2.57. The van der Waals surface area contributed by atoms with Crippen LogP contribution in [0.15, 0.2) is 47.5 Å². The zero-order chi connectivity index (χ0) is 17.3. The number of hydrogen-bond donors (Lipinski definition) is 0. The van der Waals surface area contributed by atoms with E-state index in [2.05, 4.69) is 4.98 Å². The van der Waals surface area contributed by atoms with Gasteiger partial charge in [0, 0.05) is 0 Å². The van der Waals surface area contributed by atoms with Crippen LogP contribution in [0.3, 0.4) is 0 Å². The first-order chi connectivity index (χ1) is 11.5. The van der Waals surface area contributed by atoms with E-state index in [-0.39, 0.29) is 23.4 Å². The molecule has 0 aliphatic carbocycles. The van der Waals surface area contributed by atoms with Crippen LogP contribution in [0.4, 0.5) is 4.39 Å². The van der Waals surface area contributed by atoms with Gasteiger partial charge in [-0.2, -0.15) is 0 Å². The molecule has 0 unspecified atom stereocenters. The van der Waals surface area contributed by atoms with Gasteiger partial charge in [0.25, 0.3) is 5.56 Å². The number of hydrogen-bond acceptors (Lipinski definition) is 4. The lowest BCUT2D eigenvalue weighted by Crippen LogP contribution is -2.25. The Kier molecular flexibility index (Phi) is 4.12. The lowest BCUT2D eigenvalue weighted by molar-refractivity contribution is 0.0967. The van der Waals surface area contributed by atoms with Crippen molar-refractivity contribution in [2.75, 3.05) is 7.11 Å². The van der Waals surface area contributed by atoms with Gasteiger partial charge in [-0.05, 0) is 37.3 Å². The SMILES string of the molecule is COc1ccc(F)cc1C(=O)Cn1cnc2ccc(C)cc2c1=O. The highest BCUT2D eigenvalue weighted by molar-refractivity contribution is 5.98. The number of benzene rings is 2. The third-order valence-corrected chi connectivity index (χ3v) is 3.76. The summed E-state index contributed by atoms with van der Waals surface area (Å²) in [7, 11) is 1.40. The molecule has 0 saturated carbocycles. The molecule has 0 atom stereocenters. The number of fused-ring (bicyclic) bond motifs is 1. The van der Waals surface area contributed by atoms with E-state index in [0.29, 0.717) is 10.9 Å². The number of Topliss-reactive ketones (excluding diaryl/α,β-unsaturated/α-hetero) is 1. The molecule has 3 rings (SSSR count). The number of carbonyl (C=O) groups excluding carboxylic acids is 1. The molecule has 1 aromatic heterocycles. The second-order valence-electron chi connectivity index (χ2n) is 5.47. The molecule has 2 aromatic carbocycles. The molecule has 0 aliphatic heterocycles. The lowest BCUT2D eigenvalue weighted by atomic mass is 10.1. The highest BCUT2D eigenvalue weighted by Crippen LogP contribution is 2.20. The second kappa shape index (κ2) is 6.23. The Balaban J connectivity index is 2.01. The molecule has 0 aliphatic rings. The van der Waals surface area contributed by atoms with Gasteiger partial charge >= 0.3 is 0 Å². The van der Waals surface area contributed by atoms with Gasteiger partial charge in [-0.15, -0.1) is 0 Å². The molecule has 0 spiro atoms. The first kappa shape index (κ1) is 15.9. The van der Waals surface area contributed by atoms with Crippen LogP contribution >= 0.6 is 0 Å². The molecular formula is C18H15FN2O3. The summed E-state index contributed by atoms with van der Waals surface area (Å²) in [6, 6.07) is 9.05. The minimum absolute atomic E-state index is 0.0914. The topological polar surface area (TPSA) is 61.2 Å². The predicted octanol–water partition coefficient (Wildman–Crippen LogP) is 2.74. The Hall–Kier alpha value is -3.02. The van der Waals surface area contributed by atoms with Gasteiger partial charge in [-0.1, -0.05) is 11.6 Å². The number of nitrogens with zero attached hydrogens (tertiary/aromatic N) is 2. The van der Waals surface area contributed by atoms with E-state index in [1.807, 2.05) is 13.0 Å². The molecule has 0 radical (unpaired) electrons. The Morgan fingerprint density at radius 2 is 2.04 bits per heavy atom. The van der Waals surface area contributed by atoms with Crippen molar-refractivity contribution in [3.8, 4) is 5.75 Å². The van der Waals surface area contributed by atoms with Crippen molar-refractivity contribution in [1.29, 1.82) is 0 Å². The summed E-state index contributed by atoms with van der Waals surface area (Å²) in [6.45, 7) is 1.63. The molecule has 0 bridgehead atoms. The second-order valence-corrected chi connectivity index (χ2v) is 5.47. The van der Waals surface area contributed by atoms with E-state index in [1.165, 1.54) is 30.1 Å². The van der Waals surface area contributed by atoms with E-state index in [9.17, 15) is 14.0 Å². The van der Waals surface area contributed by atoms with Crippen molar-refractivity contribution in [2.24, 2.45) is 0 Å². The zero-order valence-corrected chi connectivity index (χ0v) is 13.2. The van der Waals surface area contributed by atoms with E-state index < -0.39 is 11.6 Å². The van der Waals surface area contributed by atoms with Crippen LogP contribution in [0.5, 0.6) is 5.75 Å². The van der Waals surface area contributed by atoms with E-state index in [1.54, 1.807) is 12.1 Å². The molecule has 0 N–H and O–H groups in total. The predicted molar refractivity (Wildman–Crippen MR) is 88.0 cm³/mol. The van der Waals surface area contributed by atoms with Crippen LogP contribution in [0.2, 0.25) is 0 Å². The standard InChI is InChI=1S/C18H15FN2O3/c1-11-3-5-15-13(7-11)18(23)21(10-20-15)9-16(22)14-8-12(19)4-6-17(14)24-2/h3-8,10H,9H2,1-2H3. The largest absolute Gasteiger partial charge is 0.496 e. The normalized spacial score (nSPS) is 10.8. The summed E-state index contributed by atoms with van der Waals surface area (Å²) < 4.78 is 19.7. The summed E-state index contributed by atoms with van der Waals surface area (Å²) >= 11 is 0. The minimum atomic E-state index is -0.543. The monoisotopic (exact) mass is 326 g/mol. The highest BCUT2D eigenvalue weighted by atomic mass is 19.1. The molecule has 0 fully saturated rings. The number of halogens is 1. The van der Waals surface area contributed by atoms with Crippen LogP contribution in [-0.4, -0.2) is 22.4 Å². The van der Waals surface area contributed by atoms with Gasteiger partial charge in [-0.3, -0.25) is 14.2 Å². The molecule has 0 saturated heterocycles. The fraction of sp³-hybridized carbons (Fsp3) is 0.167. The Labute approximate surface area is 137 Å². The van der Waals surface area contributed by atoms with Crippen LogP contribution in [-0.2, 0) is 6.54 Å². The van der Waals surface area contributed by atoms with E-state index >= 15 is 0 Å². The Morgan fingerprint density at radius 3 is 2.79 bits per heavy atom. The molecule has 6 heteroatoms. The van der Waals surface area contributed by atoms with Gasteiger partial charge in [-0.25, -0.2) is 9.37 Å². The molecule has 0 amide bonds. The number of methoxy groups -OCH3 is 1. The molecular weight excluding hydrogens is 311 g/mol. The summed E-state index contributed by atoms with van der Waals surface area (Å²) in [4.78, 5) is 29.2. The Bertz CT molecular complexity index is 995. The summed E-state index contributed by atoms with van der Waals surface area (Å²) in [5.74, 6) is -0.708. The van der Waals surface area contributed by atoms with E-state index in [4.69, 9.17) is 4.74 Å². The third kappa shape index (κ3) is 2.90. The molecule has 122 valence electrons. The Morgan fingerprint density at radius 1 is 1.25 bits per heavy atom. The van der Waals surface area contributed by atoms with E-state index in [0.717, 1.165) is 11.6 Å². The maximum absolute atomic E-state index is 13.4. The lowest BCUT2D eigenvalue weighted by Gasteiger charge is -2.09. The maximum Gasteiger partial charge on any atom is 0.261 e. The van der Waals surface area contributed by atoms with Gasteiger partial charge in [0.05, 0.1) is 36.4 Å². The molecule has 24 heavy (non-hydrogen) atoms. The fourth-order valence-corrected chi connectivity index (χ4v) is 2.52. The number of ether oxygens (including phenoxy) is 1. The van der Waals surface area contributed by atoms with Crippen LogP contribution in [0, 0.1) is 12.7 Å². The minimum Gasteiger partial charge on any atom is -0.496 e. The fourth-order valence-electron chi connectivity index (χ4n) is 2.52. The molecule has 1 heterocycles.